The Kier molecular flexibility index (Phi) is 9.68. The lowest BCUT2D eigenvalue weighted by molar-refractivity contribution is -0.145. The van der Waals surface area contributed by atoms with Crippen molar-refractivity contribution in [3.8, 4) is 11.5 Å². The average molecular weight is 506 g/mol. The van der Waals surface area contributed by atoms with Crippen LogP contribution in [0, 0.1) is 0 Å². The minimum Gasteiger partial charge on any atom is -0.493 e. The molecule has 2 N–H and O–H groups in total. The van der Waals surface area contributed by atoms with E-state index in [2.05, 4.69) is 31.8 Å². The molecule has 2 rings (SSSR count). The number of amides is 2. The molecule has 0 saturated carbocycles. The first-order valence-corrected chi connectivity index (χ1v) is 10.5. The summed E-state index contributed by atoms with van der Waals surface area (Å²) in [5.41, 5.74) is 3.42. The average Bonchev–Trinajstić information content (AvgIpc) is 2.78. The molecule has 0 radical (unpaired) electrons. The van der Waals surface area contributed by atoms with Crippen molar-refractivity contribution in [2.75, 3.05) is 20.3 Å². The molecule has 2 aromatic carbocycles. The Morgan fingerprint density at radius 3 is 2.59 bits per heavy atom. The van der Waals surface area contributed by atoms with Gasteiger partial charge in [0.05, 0.1) is 25.5 Å². The summed E-state index contributed by atoms with van der Waals surface area (Å²) in [6.07, 6.45) is 1.41. The van der Waals surface area contributed by atoms with Crippen molar-refractivity contribution in [3.63, 3.8) is 0 Å². The third-order valence-electron chi connectivity index (χ3n) is 4.09. The Morgan fingerprint density at radius 1 is 1.16 bits per heavy atom. The van der Waals surface area contributed by atoms with Gasteiger partial charge < -0.3 is 19.5 Å². The highest BCUT2D eigenvalue weighted by atomic mass is 79.9. The first-order chi connectivity index (χ1) is 15.3. The molecule has 2 aromatic rings. The van der Waals surface area contributed by atoms with Crippen LogP contribution in [0.5, 0.6) is 11.5 Å². The second-order valence-electron chi connectivity index (χ2n) is 6.41. The highest BCUT2D eigenvalue weighted by Crippen LogP contribution is 2.27. The minimum atomic E-state index is -0.806. The molecule has 0 bridgehead atoms. The molecule has 0 aliphatic rings. The highest BCUT2D eigenvalue weighted by molar-refractivity contribution is 9.10. The molecule has 0 aliphatic carbocycles. The molecule has 32 heavy (non-hydrogen) atoms. The number of carbonyl (C=O) groups is 3. The van der Waals surface area contributed by atoms with E-state index in [1.54, 1.807) is 56.3 Å². The van der Waals surface area contributed by atoms with Gasteiger partial charge in [-0.3, -0.25) is 9.59 Å². The van der Waals surface area contributed by atoms with E-state index >= 15 is 0 Å². The van der Waals surface area contributed by atoms with Gasteiger partial charge in [0.1, 0.15) is 6.04 Å². The van der Waals surface area contributed by atoms with Gasteiger partial charge in [-0.2, -0.15) is 5.10 Å². The molecule has 0 aromatic heterocycles. The molecule has 0 heterocycles. The van der Waals surface area contributed by atoms with E-state index in [4.69, 9.17) is 14.2 Å². The van der Waals surface area contributed by atoms with E-state index in [1.807, 2.05) is 0 Å². The van der Waals surface area contributed by atoms with Crippen LogP contribution in [0.4, 0.5) is 0 Å². The standard InChI is InChI=1S/C22H24BrN3O6/c1-4-31-20(27)13-32-18-10-9-15(11-19(18)30-3)12-24-26-21(28)14(2)25-22(29)16-7-5-6-8-17(16)23/h5-12,14H,4,13H2,1-3H3,(H,25,29)(H,26,28). The summed E-state index contributed by atoms with van der Waals surface area (Å²) >= 11 is 3.31. The van der Waals surface area contributed by atoms with Crippen LogP contribution in [-0.2, 0) is 14.3 Å². The number of carbonyl (C=O) groups excluding carboxylic acids is 3. The largest absolute Gasteiger partial charge is 0.493 e. The third kappa shape index (κ3) is 7.38. The Balaban J connectivity index is 1.92. The zero-order valence-corrected chi connectivity index (χ0v) is 19.5. The molecule has 0 saturated heterocycles. The van der Waals surface area contributed by atoms with Crippen molar-refractivity contribution in [1.29, 1.82) is 0 Å². The molecular weight excluding hydrogens is 482 g/mol. The van der Waals surface area contributed by atoms with Gasteiger partial charge in [-0.05, 0) is 65.7 Å². The smallest absolute Gasteiger partial charge is 0.344 e. The maximum atomic E-state index is 12.3. The maximum Gasteiger partial charge on any atom is 0.344 e. The van der Waals surface area contributed by atoms with E-state index in [9.17, 15) is 14.4 Å². The summed E-state index contributed by atoms with van der Waals surface area (Å²) in [6.45, 7) is 3.30. The quantitative estimate of drug-likeness (QED) is 0.291. The van der Waals surface area contributed by atoms with E-state index in [0.29, 0.717) is 27.1 Å². The number of halogens is 1. The second-order valence-corrected chi connectivity index (χ2v) is 7.27. The molecule has 0 aliphatic heterocycles. The zero-order chi connectivity index (χ0) is 23.5. The summed E-state index contributed by atoms with van der Waals surface area (Å²) in [5.74, 6) is -0.595. The third-order valence-corrected chi connectivity index (χ3v) is 4.78. The number of benzene rings is 2. The Labute approximate surface area is 194 Å². The zero-order valence-electron chi connectivity index (χ0n) is 17.9. The number of methoxy groups -OCH3 is 1. The summed E-state index contributed by atoms with van der Waals surface area (Å²) in [4.78, 5) is 35.9. The van der Waals surface area contributed by atoms with E-state index in [1.165, 1.54) is 13.3 Å². The number of hydrogen-bond donors (Lipinski definition) is 2. The lowest BCUT2D eigenvalue weighted by Gasteiger charge is -2.13. The summed E-state index contributed by atoms with van der Waals surface area (Å²) in [5, 5.41) is 6.52. The van der Waals surface area contributed by atoms with Gasteiger partial charge in [0.25, 0.3) is 11.8 Å². The Hall–Kier alpha value is -3.40. The number of nitrogens with one attached hydrogen (secondary N) is 2. The van der Waals surface area contributed by atoms with Crippen molar-refractivity contribution >= 4 is 39.9 Å². The fourth-order valence-corrected chi connectivity index (χ4v) is 2.94. The number of esters is 1. The fourth-order valence-electron chi connectivity index (χ4n) is 2.48. The first-order valence-electron chi connectivity index (χ1n) is 9.70. The predicted molar refractivity (Wildman–Crippen MR) is 122 cm³/mol. The monoisotopic (exact) mass is 505 g/mol. The Bertz CT molecular complexity index is 995. The van der Waals surface area contributed by atoms with E-state index in [0.717, 1.165) is 0 Å². The molecule has 1 unspecified atom stereocenters. The van der Waals surface area contributed by atoms with Gasteiger partial charge in [0.15, 0.2) is 18.1 Å². The van der Waals surface area contributed by atoms with Gasteiger partial charge in [-0.1, -0.05) is 12.1 Å². The maximum absolute atomic E-state index is 12.3. The van der Waals surface area contributed by atoms with E-state index in [-0.39, 0.29) is 19.1 Å². The number of ether oxygens (including phenoxy) is 3. The van der Waals surface area contributed by atoms with E-state index < -0.39 is 17.9 Å². The summed E-state index contributed by atoms with van der Waals surface area (Å²) in [6, 6.07) is 11.0. The number of hydrazone groups is 1. The predicted octanol–water partition coefficient (Wildman–Crippen LogP) is 2.67. The minimum absolute atomic E-state index is 0.239. The molecule has 9 nitrogen and oxygen atoms in total. The van der Waals surface area contributed by atoms with Gasteiger partial charge in [0.2, 0.25) is 0 Å². The van der Waals surface area contributed by atoms with Crippen molar-refractivity contribution in [1.82, 2.24) is 10.7 Å². The summed E-state index contributed by atoms with van der Waals surface area (Å²) in [7, 11) is 1.46. The normalized spacial score (nSPS) is 11.5. The van der Waals surface area contributed by atoms with Crippen LogP contribution >= 0.6 is 15.9 Å². The van der Waals surface area contributed by atoms with Gasteiger partial charge in [0, 0.05) is 4.47 Å². The van der Waals surface area contributed by atoms with Crippen molar-refractivity contribution in [2.45, 2.75) is 19.9 Å². The molecule has 10 heteroatoms. The second kappa shape index (κ2) is 12.5. The lowest BCUT2D eigenvalue weighted by Crippen LogP contribution is -2.43. The molecule has 1 atom stereocenters. The van der Waals surface area contributed by atoms with Crippen LogP contribution < -0.4 is 20.2 Å². The van der Waals surface area contributed by atoms with Crippen LogP contribution in [-0.4, -0.2) is 50.4 Å². The Morgan fingerprint density at radius 2 is 1.91 bits per heavy atom. The van der Waals surface area contributed by atoms with Crippen LogP contribution in [0.15, 0.2) is 52.0 Å². The highest BCUT2D eigenvalue weighted by Gasteiger charge is 2.17. The first kappa shape index (κ1) is 24.9. The van der Waals surface area contributed by atoms with Crippen LogP contribution in [0.2, 0.25) is 0 Å². The molecule has 0 spiro atoms. The molecule has 0 fully saturated rings. The van der Waals surface area contributed by atoms with Gasteiger partial charge >= 0.3 is 5.97 Å². The van der Waals surface area contributed by atoms with Crippen molar-refractivity contribution in [2.24, 2.45) is 5.10 Å². The lowest BCUT2D eigenvalue weighted by atomic mass is 10.2. The van der Waals surface area contributed by atoms with Crippen LogP contribution in [0.3, 0.4) is 0 Å². The molecule has 170 valence electrons. The van der Waals surface area contributed by atoms with Crippen LogP contribution in [0.1, 0.15) is 29.8 Å². The SMILES string of the molecule is CCOC(=O)COc1ccc(C=NNC(=O)C(C)NC(=O)c2ccccc2Br)cc1OC. The van der Waals surface area contributed by atoms with Gasteiger partial charge in [-0.25, -0.2) is 10.2 Å². The number of rotatable bonds is 10. The topological polar surface area (TPSA) is 115 Å². The van der Waals surface area contributed by atoms with Gasteiger partial charge in [-0.15, -0.1) is 0 Å². The number of hydrogen-bond acceptors (Lipinski definition) is 7. The number of nitrogens with zero attached hydrogens (tertiary/aromatic N) is 1. The molecule has 2 amide bonds. The van der Waals surface area contributed by atoms with Crippen LogP contribution in [0.25, 0.3) is 0 Å². The van der Waals surface area contributed by atoms with Crippen molar-refractivity contribution in [3.05, 3.63) is 58.1 Å². The fraction of sp³-hybridized carbons (Fsp3) is 0.273. The molecular formula is C22H24BrN3O6. The summed E-state index contributed by atoms with van der Waals surface area (Å²) < 4.78 is 16.1. The van der Waals surface area contributed by atoms with Crippen molar-refractivity contribution < 1.29 is 28.6 Å².